The van der Waals surface area contributed by atoms with Crippen LogP contribution in [0.15, 0.2) is 54.6 Å². The zero-order valence-corrected chi connectivity index (χ0v) is 20.1. The summed E-state index contributed by atoms with van der Waals surface area (Å²) in [4.78, 5) is 14.6. The van der Waals surface area contributed by atoms with Gasteiger partial charge in [0.1, 0.15) is 30.1 Å². The molecule has 1 N–H and O–H groups in total. The van der Waals surface area contributed by atoms with Crippen molar-refractivity contribution in [2.24, 2.45) is 0 Å². The molecule has 3 aromatic rings. The molecule has 1 unspecified atom stereocenters. The van der Waals surface area contributed by atoms with E-state index in [-0.39, 0.29) is 12.0 Å². The first-order valence-electron chi connectivity index (χ1n) is 12.5. The highest BCUT2D eigenvalue weighted by Gasteiger charge is 2.23. The Morgan fingerprint density at radius 3 is 2.69 bits per heavy atom. The van der Waals surface area contributed by atoms with Crippen LogP contribution in [0.3, 0.4) is 0 Å². The van der Waals surface area contributed by atoms with Gasteiger partial charge in [-0.2, -0.15) is 0 Å². The molecule has 0 radical (unpaired) electrons. The van der Waals surface area contributed by atoms with Crippen molar-refractivity contribution < 1.29 is 14.3 Å². The van der Waals surface area contributed by atoms with E-state index in [1.165, 1.54) is 5.56 Å². The van der Waals surface area contributed by atoms with Gasteiger partial charge in [0, 0.05) is 52.2 Å². The van der Waals surface area contributed by atoms with E-state index in [0.29, 0.717) is 26.2 Å². The Hall–Kier alpha value is -3.23. The molecule has 0 spiro atoms. The van der Waals surface area contributed by atoms with Gasteiger partial charge < -0.3 is 19.4 Å². The average Bonchev–Trinajstić information content (AvgIpc) is 3.52. The number of nitrogens with one attached hydrogen (secondary N) is 1. The summed E-state index contributed by atoms with van der Waals surface area (Å²) in [5, 5.41) is 11.8. The SMILES string of the molecule is O=C(NCCc1nnc2n1CCN(Cc1ccc(OCc3ccccc3)cc1)CC2)C1CCCO1. The monoisotopic (exact) mass is 475 g/mol. The number of carbonyl (C=O) groups excluding carboxylic acids is 1. The van der Waals surface area contributed by atoms with Crippen molar-refractivity contribution in [3.05, 3.63) is 77.4 Å². The minimum Gasteiger partial charge on any atom is -0.489 e. The summed E-state index contributed by atoms with van der Waals surface area (Å²) in [5.41, 5.74) is 2.43. The maximum absolute atomic E-state index is 12.2. The molecule has 1 atom stereocenters. The normalized spacial score (nSPS) is 18.1. The van der Waals surface area contributed by atoms with Crippen LogP contribution in [-0.4, -0.2) is 57.9 Å². The summed E-state index contributed by atoms with van der Waals surface area (Å²) in [6, 6.07) is 18.6. The molecule has 3 heterocycles. The molecule has 1 fully saturated rings. The van der Waals surface area contributed by atoms with E-state index in [1.54, 1.807) is 0 Å². The summed E-state index contributed by atoms with van der Waals surface area (Å²) in [5.74, 6) is 2.84. The summed E-state index contributed by atoms with van der Waals surface area (Å²) in [6.07, 6.45) is 3.02. The molecule has 35 heavy (non-hydrogen) atoms. The third kappa shape index (κ3) is 6.26. The zero-order valence-electron chi connectivity index (χ0n) is 20.1. The molecule has 1 saturated heterocycles. The minimum absolute atomic E-state index is 0.0132. The third-order valence-electron chi connectivity index (χ3n) is 6.64. The highest BCUT2D eigenvalue weighted by Crippen LogP contribution is 2.17. The highest BCUT2D eigenvalue weighted by atomic mass is 16.5. The van der Waals surface area contributed by atoms with Gasteiger partial charge in [-0.05, 0) is 36.1 Å². The first kappa shape index (κ1) is 23.5. The second-order valence-electron chi connectivity index (χ2n) is 9.17. The zero-order chi connectivity index (χ0) is 23.9. The molecule has 2 aliphatic rings. The van der Waals surface area contributed by atoms with Crippen LogP contribution in [0.4, 0.5) is 0 Å². The smallest absolute Gasteiger partial charge is 0.249 e. The van der Waals surface area contributed by atoms with Crippen molar-refractivity contribution in [3.63, 3.8) is 0 Å². The fraction of sp³-hybridized carbons (Fsp3) is 0.444. The largest absolute Gasteiger partial charge is 0.489 e. The number of ether oxygens (including phenoxy) is 2. The van der Waals surface area contributed by atoms with Crippen molar-refractivity contribution in [2.75, 3.05) is 26.2 Å². The average molecular weight is 476 g/mol. The first-order valence-corrected chi connectivity index (χ1v) is 12.5. The van der Waals surface area contributed by atoms with Crippen LogP contribution in [0.2, 0.25) is 0 Å². The van der Waals surface area contributed by atoms with Crippen molar-refractivity contribution >= 4 is 5.91 Å². The van der Waals surface area contributed by atoms with Gasteiger partial charge in [0.15, 0.2) is 0 Å². The van der Waals surface area contributed by atoms with Gasteiger partial charge in [-0.1, -0.05) is 42.5 Å². The Balaban J connectivity index is 1.09. The van der Waals surface area contributed by atoms with E-state index >= 15 is 0 Å². The Kier molecular flexibility index (Phi) is 7.70. The number of benzene rings is 2. The van der Waals surface area contributed by atoms with Crippen LogP contribution in [0.25, 0.3) is 0 Å². The minimum atomic E-state index is -0.288. The molecular formula is C27H33N5O3. The number of aromatic nitrogens is 3. The van der Waals surface area contributed by atoms with Crippen LogP contribution in [0, 0.1) is 0 Å². The summed E-state index contributed by atoms with van der Waals surface area (Å²) in [7, 11) is 0. The van der Waals surface area contributed by atoms with E-state index in [2.05, 4.69) is 49.2 Å². The van der Waals surface area contributed by atoms with E-state index in [0.717, 1.165) is 68.4 Å². The van der Waals surface area contributed by atoms with Crippen LogP contribution >= 0.6 is 0 Å². The van der Waals surface area contributed by atoms with Crippen molar-refractivity contribution in [1.82, 2.24) is 25.0 Å². The highest BCUT2D eigenvalue weighted by molar-refractivity contribution is 5.80. The maximum Gasteiger partial charge on any atom is 0.249 e. The molecular weight excluding hydrogens is 442 g/mol. The van der Waals surface area contributed by atoms with Crippen LogP contribution in [-0.2, 0) is 42.1 Å². The fourth-order valence-corrected chi connectivity index (χ4v) is 4.66. The second-order valence-corrected chi connectivity index (χ2v) is 9.17. The molecule has 8 nitrogen and oxygen atoms in total. The number of amides is 1. The number of hydrogen-bond acceptors (Lipinski definition) is 6. The van der Waals surface area contributed by atoms with Gasteiger partial charge in [0.25, 0.3) is 0 Å². The van der Waals surface area contributed by atoms with Crippen LogP contribution < -0.4 is 10.1 Å². The molecule has 0 saturated carbocycles. The Bertz CT molecular complexity index is 1090. The quantitative estimate of drug-likeness (QED) is 0.513. The molecule has 8 heteroatoms. The fourth-order valence-electron chi connectivity index (χ4n) is 4.66. The van der Waals surface area contributed by atoms with Crippen LogP contribution in [0.5, 0.6) is 5.75 Å². The van der Waals surface area contributed by atoms with Gasteiger partial charge >= 0.3 is 0 Å². The van der Waals surface area contributed by atoms with Gasteiger partial charge in [0.2, 0.25) is 5.91 Å². The second kappa shape index (κ2) is 11.5. The number of hydrogen-bond donors (Lipinski definition) is 1. The predicted octanol–water partition coefficient (Wildman–Crippen LogP) is 2.75. The Labute approximate surface area is 206 Å². The summed E-state index contributed by atoms with van der Waals surface area (Å²) >= 11 is 0. The van der Waals surface area contributed by atoms with Gasteiger partial charge in [-0.3, -0.25) is 9.69 Å². The van der Waals surface area contributed by atoms with Crippen LogP contribution in [0.1, 0.15) is 35.6 Å². The first-order chi connectivity index (χ1) is 17.2. The van der Waals surface area contributed by atoms with E-state index in [9.17, 15) is 4.79 Å². The maximum atomic E-state index is 12.2. The predicted molar refractivity (Wildman–Crippen MR) is 132 cm³/mol. The lowest BCUT2D eigenvalue weighted by Gasteiger charge is -2.20. The number of nitrogens with zero attached hydrogens (tertiary/aromatic N) is 4. The van der Waals surface area contributed by atoms with Crippen molar-refractivity contribution in [3.8, 4) is 5.75 Å². The Morgan fingerprint density at radius 1 is 1.03 bits per heavy atom. The number of rotatable bonds is 9. The molecule has 0 bridgehead atoms. The summed E-state index contributed by atoms with van der Waals surface area (Å²) < 4.78 is 13.6. The van der Waals surface area contributed by atoms with Crippen molar-refractivity contribution in [2.45, 2.75) is 51.5 Å². The molecule has 0 aliphatic carbocycles. The topological polar surface area (TPSA) is 81.5 Å². The lowest BCUT2D eigenvalue weighted by atomic mass is 10.2. The third-order valence-corrected chi connectivity index (χ3v) is 6.64. The molecule has 2 aliphatic heterocycles. The molecule has 1 amide bonds. The number of fused-ring (bicyclic) bond motifs is 1. The standard InChI is InChI=1S/C27H33N5O3/c33-27(24-7-4-18-34-24)28-14-12-25-29-30-26-13-15-31(16-17-32(25)26)19-21-8-10-23(11-9-21)35-20-22-5-2-1-3-6-22/h1-3,5-6,8-11,24H,4,7,12-20H2,(H,28,33). The van der Waals surface area contributed by atoms with Gasteiger partial charge in [-0.15, -0.1) is 10.2 Å². The molecule has 184 valence electrons. The van der Waals surface area contributed by atoms with E-state index in [4.69, 9.17) is 9.47 Å². The van der Waals surface area contributed by atoms with Gasteiger partial charge in [-0.25, -0.2) is 0 Å². The Morgan fingerprint density at radius 2 is 1.89 bits per heavy atom. The number of carbonyl (C=O) groups is 1. The summed E-state index contributed by atoms with van der Waals surface area (Å²) in [6.45, 7) is 5.44. The molecule has 1 aromatic heterocycles. The van der Waals surface area contributed by atoms with Crippen molar-refractivity contribution in [1.29, 1.82) is 0 Å². The van der Waals surface area contributed by atoms with Gasteiger partial charge in [0.05, 0.1) is 0 Å². The molecule has 5 rings (SSSR count). The molecule has 2 aromatic carbocycles. The van der Waals surface area contributed by atoms with E-state index in [1.807, 2.05) is 30.3 Å². The lowest BCUT2D eigenvalue weighted by Crippen LogP contribution is -2.35. The lowest BCUT2D eigenvalue weighted by molar-refractivity contribution is -0.130. The van der Waals surface area contributed by atoms with E-state index < -0.39 is 0 Å².